The zero-order chi connectivity index (χ0) is 17.2. The number of nitriles is 1. The Kier molecular flexibility index (Phi) is 4.42. The molecule has 0 radical (unpaired) electrons. The van der Waals surface area contributed by atoms with Gasteiger partial charge in [0.1, 0.15) is 0 Å². The Morgan fingerprint density at radius 3 is 1.33 bits per heavy atom. The van der Waals surface area contributed by atoms with Crippen LogP contribution in [-0.2, 0) is 0 Å². The Hall–Kier alpha value is -2.57. The van der Waals surface area contributed by atoms with Crippen molar-refractivity contribution >= 4 is 10.4 Å². The molecule has 0 bridgehead atoms. The van der Waals surface area contributed by atoms with E-state index in [0.29, 0.717) is 20.2 Å². The molecule has 0 saturated heterocycles. The van der Waals surface area contributed by atoms with Crippen molar-refractivity contribution in [2.75, 3.05) is 0 Å². The summed E-state index contributed by atoms with van der Waals surface area (Å²) in [6.07, 6.45) is 0. The van der Waals surface area contributed by atoms with Gasteiger partial charge in [0, 0.05) is 14.7 Å². The summed E-state index contributed by atoms with van der Waals surface area (Å²) in [7, 11) is -2.84. The molecule has 0 aliphatic rings. The maximum atomic E-state index is 16.5. The highest BCUT2D eigenvalue weighted by molar-refractivity contribution is 8.29. The van der Waals surface area contributed by atoms with E-state index in [0.717, 1.165) is 11.1 Å². The third-order valence-electron chi connectivity index (χ3n) is 4.00. The number of rotatable bonds is 3. The second-order valence-corrected chi connectivity index (χ2v) is 8.29. The van der Waals surface area contributed by atoms with Crippen LogP contribution < -0.4 is 0 Å². The van der Waals surface area contributed by atoms with Gasteiger partial charge in [-0.1, -0.05) is 35.4 Å². The van der Waals surface area contributed by atoms with Crippen molar-refractivity contribution in [2.24, 2.45) is 0 Å². The number of aryl methyl sites for hydroxylation is 2. The van der Waals surface area contributed by atoms with E-state index in [4.69, 9.17) is 5.26 Å². The molecule has 0 saturated carbocycles. The summed E-state index contributed by atoms with van der Waals surface area (Å²) in [5.41, 5.74) is 2.74. The zero-order valence-electron chi connectivity index (χ0n) is 13.7. The Balaban J connectivity index is 2.21. The first-order valence-corrected chi connectivity index (χ1v) is 9.24. The fourth-order valence-electron chi connectivity index (χ4n) is 2.58. The van der Waals surface area contributed by atoms with Crippen molar-refractivity contribution in [3.05, 3.63) is 89.5 Å². The van der Waals surface area contributed by atoms with E-state index in [1.165, 1.54) is 0 Å². The summed E-state index contributed by atoms with van der Waals surface area (Å²) >= 11 is 0. The molecule has 120 valence electrons. The second kappa shape index (κ2) is 6.51. The lowest BCUT2D eigenvalue weighted by molar-refractivity contribution is 0.869. The van der Waals surface area contributed by atoms with Crippen LogP contribution in [0.3, 0.4) is 0 Å². The molecule has 0 atom stereocenters. The lowest BCUT2D eigenvalue weighted by atomic mass is 10.2. The van der Waals surface area contributed by atoms with Gasteiger partial charge >= 0.3 is 0 Å². The van der Waals surface area contributed by atoms with Gasteiger partial charge in [-0.05, 0) is 72.8 Å². The van der Waals surface area contributed by atoms with Crippen molar-refractivity contribution in [1.82, 2.24) is 0 Å². The van der Waals surface area contributed by atoms with Crippen molar-refractivity contribution in [2.45, 2.75) is 28.5 Å². The fourth-order valence-corrected chi connectivity index (χ4v) is 4.93. The maximum absolute atomic E-state index is 16.5. The molecule has 3 aromatic rings. The van der Waals surface area contributed by atoms with Gasteiger partial charge < -0.3 is 0 Å². The molecule has 0 fully saturated rings. The molecule has 3 aromatic carbocycles. The van der Waals surface area contributed by atoms with Gasteiger partial charge in [-0.15, -0.1) is 0 Å². The van der Waals surface area contributed by atoms with Crippen LogP contribution in [0, 0.1) is 25.2 Å². The molecule has 0 aliphatic carbocycles. The van der Waals surface area contributed by atoms with Crippen molar-refractivity contribution in [3.8, 4) is 6.07 Å². The van der Waals surface area contributed by atoms with Crippen LogP contribution in [0.1, 0.15) is 16.7 Å². The molecule has 0 heterocycles. The molecule has 0 spiro atoms. The van der Waals surface area contributed by atoms with E-state index >= 15 is 3.89 Å². The van der Waals surface area contributed by atoms with Gasteiger partial charge in [0.15, 0.2) is 0 Å². The monoisotopic (exact) mass is 335 g/mol. The first-order chi connectivity index (χ1) is 11.5. The zero-order valence-corrected chi connectivity index (χ0v) is 14.5. The van der Waals surface area contributed by atoms with Crippen LogP contribution >= 0.6 is 10.4 Å². The first kappa shape index (κ1) is 16.3. The molecule has 0 N–H and O–H groups in total. The lowest BCUT2D eigenvalue weighted by Crippen LogP contribution is -1.98. The van der Waals surface area contributed by atoms with Crippen molar-refractivity contribution in [3.63, 3.8) is 0 Å². The van der Waals surface area contributed by atoms with Crippen LogP contribution in [0.4, 0.5) is 3.89 Å². The SMILES string of the molecule is Cc1ccc(S(F)(c2ccc(C)cc2)c2ccc(C#N)cc2)cc1. The molecule has 0 aromatic heterocycles. The standard InChI is InChI=1S/C21H18FNS/c1-16-3-9-19(10-4-16)24(22,20-11-5-17(2)6-12-20)21-13-7-18(15-23)8-14-21/h3-14H,1-2H3. The minimum absolute atomic E-state index is 0.535. The topological polar surface area (TPSA) is 23.8 Å². The predicted molar refractivity (Wildman–Crippen MR) is 97.0 cm³/mol. The van der Waals surface area contributed by atoms with E-state index < -0.39 is 10.4 Å². The van der Waals surface area contributed by atoms with Gasteiger partial charge in [-0.25, -0.2) is 0 Å². The quantitative estimate of drug-likeness (QED) is 0.548. The third-order valence-corrected chi connectivity index (χ3v) is 6.76. The molecular formula is C21H18FNS. The first-order valence-electron chi connectivity index (χ1n) is 7.70. The van der Waals surface area contributed by atoms with Crippen LogP contribution in [0.15, 0.2) is 87.5 Å². The van der Waals surface area contributed by atoms with Gasteiger partial charge in [-0.2, -0.15) is 9.15 Å². The Labute approximate surface area is 144 Å². The van der Waals surface area contributed by atoms with Crippen LogP contribution in [0.5, 0.6) is 0 Å². The van der Waals surface area contributed by atoms with Crippen LogP contribution in [0.2, 0.25) is 0 Å². The minimum Gasteiger partial charge on any atom is -0.192 e. The summed E-state index contributed by atoms with van der Waals surface area (Å²) in [5, 5.41) is 8.99. The minimum atomic E-state index is -2.84. The highest BCUT2D eigenvalue weighted by Crippen LogP contribution is 2.69. The molecule has 1 nitrogen and oxygen atoms in total. The van der Waals surface area contributed by atoms with Gasteiger partial charge in [-0.3, -0.25) is 0 Å². The third kappa shape index (κ3) is 2.93. The maximum Gasteiger partial charge on any atom is 0.0991 e. The number of hydrogen-bond donors (Lipinski definition) is 0. The Morgan fingerprint density at radius 1 is 0.667 bits per heavy atom. The normalized spacial score (nSPS) is 11.8. The molecule has 0 aliphatic heterocycles. The summed E-state index contributed by atoms with van der Waals surface area (Å²) in [6, 6.07) is 24.1. The number of nitrogens with zero attached hydrogens (tertiary/aromatic N) is 1. The Morgan fingerprint density at radius 2 is 1.00 bits per heavy atom. The number of benzene rings is 3. The fraction of sp³-hybridized carbons (Fsp3) is 0.0952. The summed E-state index contributed by atoms with van der Waals surface area (Å²) in [4.78, 5) is 1.94. The Bertz CT molecular complexity index is 830. The predicted octanol–water partition coefficient (Wildman–Crippen LogP) is 6.34. The molecule has 3 rings (SSSR count). The van der Waals surface area contributed by atoms with Gasteiger partial charge in [0.2, 0.25) is 0 Å². The summed E-state index contributed by atoms with van der Waals surface area (Å²) in [6.45, 7) is 3.99. The molecule has 24 heavy (non-hydrogen) atoms. The van der Waals surface area contributed by atoms with Crippen LogP contribution in [-0.4, -0.2) is 0 Å². The summed E-state index contributed by atoms with van der Waals surface area (Å²) < 4.78 is 16.5. The molecule has 0 unspecified atom stereocenters. The van der Waals surface area contributed by atoms with Gasteiger partial charge in [0.25, 0.3) is 0 Å². The van der Waals surface area contributed by atoms with E-state index in [9.17, 15) is 0 Å². The van der Waals surface area contributed by atoms with Crippen molar-refractivity contribution in [1.29, 1.82) is 5.26 Å². The average molecular weight is 335 g/mol. The van der Waals surface area contributed by atoms with Gasteiger partial charge in [0.05, 0.1) is 11.6 Å². The van der Waals surface area contributed by atoms with E-state index in [1.54, 1.807) is 24.3 Å². The molecular weight excluding hydrogens is 317 g/mol. The average Bonchev–Trinajstić information content (AvgIpc) is 2.62. The number of hydrogen-bond acceptors (Lipinski definition) is 1. The molecule has 3 heteroatoms. The lowest BCUT2D eigenvalue weighted by Gasteiger charge is -2.32. The van der Waals surface area contributed by atoms with Crippen LogP contribution in [0.25, 0.3) is 0 Å². The van der Waals surface area contributed by atoms with E-state index in [2.05, 4.69) is 6.07 Å². The second-order valence-electron chi connectivity index (χ2n) is 5.80. The van der Waals surface area contributed by atoms with Crippen molar-refractivity contribution < 1.29 is 3.89 Å². The smallest absolute Gasteiger partial charge is 0.0991 e. The van der Waals surface area contributed by atoms with E-state index in [1.807, 2.05) is 62.4 Å². The highest BCUT2D eigenvalue weighted by atomic mass is 32.3. The van der Waals surface area contributed by atoms with E-state index in [-0.39, 0.29) is 0 Å². The number of halogens is 1. The summed E-state index contributed by atoms with van der Waals surface area (Å²) in [5.74, 6) is 0. The molecule has 0 amide bonds. The largest absolute Gasteiger partial charge is 0.192 e. The highest BCUT2D eigenvalue weighted by Gasteiger charge is 2.30.